The van der Waals surface area contributed by atoms with Gasteiger partial charge < -0.3 is 4.90 Å². The Bertz CT molecular complexity index is 1000. The second kappa shape index (κ2) is 15.1. The Labute approximate surface area is 228 Å². The average Bonchev–Trinajstić information content (AvgIpc) is 3.26. The molecule has 0 amide bonds. The van der Waals surface area contributed by atoms with Crippen LogP contribution in [0.2, 0.25) is 0 Å². The predicted octanol–water partition coefficient (Wildman–Crippen LogP) is 9.28. The summed E-state index contributed by atoms with van der Waals surface area (Å²) < 4.78 is 0. The highest BCUT2D eigenvalue weighted by atomic mass is 15.2. The molecule has 1 unspecified atom stereocenters. The van der Waals surface area contributed by atoms with Gasteiger partial charge in [-0.2, -0.15) is 0 Å². The van der Waals surface area contributed by atoms with Crippen molar-refractivity contribution < 1.29 is 0 Å². The van der Waals surface area contributed by atoms with Crippen LogP contribution in [0.1, 0.15) is 93.9 Å². The molecule has 1 aliphatic carbocycles. The van der Waals surface area contributed by atoms with Gasteiger partial charge in [-0.25, -0.2) is 0 Å². The maximum absolute atomic E-state index is 5.30. The highest BCUT2D eigenvalue weighted by Gasteiger charge is 2.23. The zero-order valence-corrected chi connectivity index (χ0v) is 25.3. The average molecular weight is 504 g/mol. The van der Waals surface area contributed by atoms with Gasteiger partial charge in [0.1, 0.15) is 0 Å². The third-order valence-corrected chi connectivity index (χ3v) is 7.94. The van der Waals surface area contributed by atoms with Gasteiger partial charge in [0.15, 0.2) is 0 Å². The number of allylic oxidation sites excluding steroid dienone is 9. The van der Waals surface area contributed by atoms with Gasteiger partial charge >= 0.3 is 0 Å². The predicted molar refractivity (Wildman–Crippen MR) is 165 cm³/mol. The molecule has 3 nitrogen and oxygen atoms in total. The summed E-state index contributed by atoms with van der Waals surface area (Å²) in [5.41, 5.74) is 9.35. The van der Waals surface area contributed by atoms with E-state index in [1.165, 1.54) is 43.4 Å². The lowest BCUT2D eigenvalue weighted by molar-refractivity contribution is 0.379. The van der Waals surface area contributed by atoms with E-state index in [0.717, 1.165) is 59.6 Å². The van der Waals surface area contributed by atoms with E-state index in [9.17, 15) is 0 Å². The third-order valence-electron chi connectivity index (χ3n) is 7.94. The first kappa shape index (κ1) is 30.8. The van der Waals surface area contributed by atoms with E-state index >= 15 is 0 Å². The Morgan fingerprint density at radius 3 is 2.32 bits per heavy atom. The normalized spacial score (nSPS) is 21.2. The Kier molecular flexibility index (Phi) is 12.6. The number of nitrogens with zero attached hydrogens (tertiary/aromatic N) is 3. The minimum atomic E-state index is 0.353. The summed E-state index contributed by atoms with van der Waals surface area (Å²) in [6.07, 6.45) is 18.5. The summed E-state index contributed by atoms with van der Waals surface area (Å²) in [5.74, 6) is 1.92. The van der Waals surface area contributed by atoms with E-state index in [4.69, 9.17) is 4.99 Å². The molecule has 2 fully saturated rings. The van der Waals surface area contributed by atoms with Gasteiger partial charge in [-0.05, 0) is 119 Å². The smallest absolute Gasteiger partial charge is 0.0887 e. The number of likely N-dealkylation sites (tertiary alicyclic amines) is 1. The van der Waals surface area contributed by atoms with Gasteiger partial charge in [-0.1, -0.05) is 51.5 Å². The Hall–Kier alpha value is -2.42. The third kappa shape index (κ3) is 9.43. The van der Waals surface area contributed by atoms with E-state index in [1.807, 2.05) is 14.0 Å². The maximum Gasteiger partial charge on any atom is 0.0887 e. The molecule has 37 heavy (non-hydrogen) atoms. The molecule has 1 heterocycles. The van der Waals surface area contributed by atoms with Crippen LogP contribution in [0.5, 0.6) is 0 Å². The van der Waals surface area contributed by atoms with Crippen LogP contribution in [0.15, 0.2) is 80.6 Å². The van der Waals surface area contributed by atoms with Crippen molar-refractivity contribution >= 4 is 11.4 Å². The zero-order chi connectivity index (χ0) is 27.5. The standard InChI is InChI=1S/C34H53N3/c1-11-26(7)32(17-16-31(12-2)37-19-18-29(23-37)20-24(3)4)36-34(22-28(9)30-14-13-15-30)33(35-10)21-27(8)25(5)6/h12,16-17,21-22,24,26,29H,5,11,13-15,18-20,23H2,1-4,6-10H3/b17-16-,27-21+,31-12+,34-22-,35-33?,36-32+/t26?,29-/m1/s1. The number of hydrogen-bond donors (Lipinski definition) is 0. The zero-order valence-electron chi connectivity index (χ0n) is 25.3. The van der Waals surface area contributed by atoms with E-state index in [-0.39, 0.29) is 0 Å². The van der Waals surface area contributed by atoms with E-state index in [1.54, 1.807) is 5.57 Å². The Balaban J connectivity index is 2.46. The van der Waals surface area contributed by atoms with Crippen LogP contribution in [0.4, 0.5) is 0 Å². The van der Waals surface area contributed by atoms with Gasteiger partial charge in [0.05, 0.1) is 11.4 Å². The van der Waals surface area contributed by atoms with Crippen LogP contribution < -0.4 is 0 Å². The molecule has 1 saturated heterocycles. The molecule has 204 valence electrons. The largest absolute Gasteiger partial charge is 0.372 e. The molecule has 0 spiro atoms. The van der Waals surface area contributed by atoms with Gasteiger partial charge in [0.2, 0.25) is 0 Å². The lowest BCUT2D eigenvalue weighted by atomic mass is 9.88. The quantitative estimate of drug-likeness (QED) is 0.193. The molecule has 2 rings (SSSR count). The molecular weight excluding hydrogens is 450 g/mol. The van der Waals surface area contributed by atoms with Gasteiger partial charge in [0, 0.05) is 31.5 Å². The summed E-state index contributed by atoms with van der Waals surface area (Å²) in [4.78, 5) is 12.5. The SMILES string of the molecule is C=C(C)/C(C)=C/C(=NC)C(=C/C(C)=C1CCC1)/N=C(\C=C/C(=C\C)N1CC[C@H](CC(C)C)C1)C(C)CC. The van der Waals surface area contributed by atoms with Gasteiger partial charge in [-0.3, -0.25) is 9.98 Å². The fraction of sp³-hybridized carbons (Fsp3) is 0.588. The van der Waals surface area contributed by atoms with Crippen LogP contribution in [0.3, 0.4) is 0 Å². The fourth-order valence-corrected chi connectivity index (χ4v) is 4.94. The Morgan fingerprint density at radius 1 is 1.11 bits per heavy atom. The molecular formula is C34H53N3. The molecule has 0 N–H and O–H groups in total. The minimum absolute atomic E-state index is 0.353. The first-order valence-corrected chi connectivity index (χ1v) is 14.5. The fourth-order valence-electron chi connectivity index (χ4n) is 4.94. The second-order valence-electron chi connectivity index (χ2n) is 11.5. The number of hydrogen-bond acceptors (Lipinski definition) is 3. The maximum atomic E-state index is 5.30. The van der Waals surface area contributed by atoms with E-state index in [2.05, 4.69) is 95.3 Å². The van der Waals surface area contributed by atoms with Crippen LogP contribution in [0.25, 0.3) is 0 Å². The van der Waals surface area contributed by atoms with Crippen LogP contribution in [-0.2, 0) is 0 Å². The van der Waals surface area contributed by atoms with Crippen molar-refractivity contribution in [3.63, 3.8) is 0 Å². The summed E-state index contributed by atoms with van der Waals surface area (Å²) in [6.45, 7) is 24.1. The van der Waals surface area contributed by atoms with Crippen LogP contribution in [0, 0.1) is 17.8 Å². The molecule has 2 atom stereocenters. The number of aliphatic imine (C=N–C) groups is 2. The van der Waals surface area contributed by atoms with Crippen molar-refractivity contribution in [2.24, 2.45) is 27.7 Å². The van der Waals surface area contributed by atoms with Crippen molar-refractivity contribution in [1.29, 1.82) is 0 Å². The topological polar surface area (TPSA) is 28.0 Å². The number of rotatable bonds is 12. The monoisotopic (exact) mass is 503 g/mol. The second-order valence-corrected chi connectivity index (χ2v) is 11.5. The van der Waals surface area contributed by atoms with E-state index in [0.29, 0.717) is 5.92 Å². The lowest BCUT2D eigenvalue weighted by Gasteiger charge is -2.21. The molecule has 3 heteroatoms. The van der Waals surface area contributed by atoms with Gasteiger partial charge in [-0.15, -0.1) is 0 Å². The van der Waals surface area contributed by atoms with Crippen molar-refractivity contribution in [3.8, 4) is 0 Å². The van der Waals surface area contributed by atoms with Crippen LogP contribution >= 0.6 is 0 Å². The summed E-state index contributed by atoms with van der Waals surface area (Å²) in [7, 11) is 1.87. The van der Waals surface area contributed by atoms with Crippen molar-refractivity contribution in [1.82, 2.24) is 4.90 Å². The Morgan fingerprint density at radius 2 is 1.81 bits per heavy atom. The summed E-state index contributed by atoms with van der Waals surface area (Å²) in [6, 6.07) is 0. The van der Waals surface area contributed by atoms with Crippen molar-refractivity contribution in [2.75, 3.05) is 20.1 Å². The minimum Gasteiger partial charge on any atom is -0.372 e. The first-order chi connectivity index (χ1) is 17.6. The van der Waals surface area contributed by atoms with E-state index < -0.39 is 0 Å². The molecule has 0 radical (unpaired) electrons. The lowest BCUT2D eigenvalue weighted by Crippen LogP contribution is -2.20. The first-order valence-electron chi connectivity index (χ1n) is 14.5. The molecule has 1 saturated carbocycles. The highest BCUT2D eigenvalue weighted by molar-refractivity contribution is 6.11. The van der Waals surface area contributed by atoms with Crippen molar-refractivity contribution in [2.45, 2.75) is 93.9 Å². The molecule has 2 aliphatic rings. The molecule has 0 aromatic rings. The van der Waals surface area contributed by atoms with Crippen molar-refractivity contribution in [3.05, 3.63) is 70.6 Å². The van der Waals surface area contributed by atoms with Gasteiger partial charge in [0.25, 0.3) is 0 Å². The summed E-state index contributed by atoms with van der Waals surface area (Å²) in [5, 5.41) is 0. The molecule has 0 aromatic heterocycles. The summed E-state index contributed by atoms with van der Waals surface area (Å²) >= 11 is 0. The highest BCUT2D eigenvalue weighted by Crippen LogP contribution is 2.30. The molecule has 0 bridgehead atoms. The molecule has 1 aliphatic heterocycles. The molecule has 0 aromatic carbocycles. The van der Waals surface area contributed by atoms with Crippen LogP contribution in [-0.4, -0.2) is 36.5 Å².